The Kier molecular flexibility index (Phi) is 8.63. The second kappa shape index (κ2) is 10.5. The summed E-state index contributed by atoms with van der Waals surface area (Å²) >= 11 is 0. The molecule has 8 heteroatoms. The van der Waals surface area contributed by atoms with Gasteiger partial charge in [-0.1, -0.05) is 12.1 Å². The van der Waals surface area contributed by atoms with Gasteiger partial charge in [0.05, 0.1) is 6.04 Å². The van der Waals surface area contributed by atoms with E-state index in [9.17, 15) is 4.79 Å². The first-order valence-electron chi connectivity index (χ1n) is 10.5. The standard InChI is InChI=1S/C22H35N5O2.HI/c1-22(2,3)29-21(28)25-18-10-12-27(15-18)20(23-4)24-14-16-8-9-19-17(13-16)7-6-11-26(19)5;/h8-9,13,18H,6-7,10-12,14-15H2,1-5H3,(H,23,24)(H,25,28);1H. The molecule has 2 heterocycles. The van der Waals surface area contributed by atoms with Gasteiger partial charge >= 0.3 is 6.09 Å². The minimum atomic E-state index is -0.482. The number of nitrogens with one attached hydrogen (secondary N) is 2. The monoisotopic (exact) mass is 529 g/mol. The Balaban J connectivity index is 0.00000320. The second-order valence-electron chi connectivity index (χ2n) is 8.97. The van der Waals surface area contributed by atoms with Crippen molar-refractivity contribution in [1.29, 1.82) is 0 Å². The number of benzene rings is 1. The highest BCUT2D eigenvalue weighted by atomic mass is 127. The molecule has 30 heavy (non-hydrogen) atoms. The zero-order chi connectivity index (χ0) is 21.0. The normalized spacial score (nSPS) is 19.1. The maximum absolute atomic E-state index is 12.0. The lowest BCUT2D eigenvalue weighted by atomic mass is 9.99. The zero-order valence-electron chi connectivity index (χ0n) is 18.8. The van der Waals surface area contributed by atoms with Gasteiger partial charge in [-0.15, -0.1) is 24.0 Å². The van der Waals surface area contributed by atoms with E-state index < -0.39 is 5.60 Å². The van der Waals surface area contributed by atoms with Crippen LogP contribution in [0.4, 0.5) is 10.5 Å². The zero-order valence-corrected chi connectivity index (χ0v) is 21.2. The van der Waals surface area contributed by atoms with Crippen LogP contribution in [0.15, 0.2) is 23.2 Å². The Morgan fingerprint density at radius 3 is 2.77 bits per heavy atom. The number of rotatable bonds is 3. The van der Waals surface area contributed by atoms with Crippen molar-refractivity contribution in [3.8, 4) is 0 Å². The summed E-state index contributed by atoms with van der Waals surface area (Å²) in [7, 11) is 3.96. The topological polar surface area (TPSA) is 69.2 Å². The van der Waals surface area contributed by atoms with Crippen molar-refractivity contribution in [3.63, 3.8) is 0 Å². The number of hydrogen-bond donors (Lipinski definition) is 2. The number of hydrogen-bond acceptors (Lipinski definition) is 4. The summed E-state index contributed by atoms with van der Waals surface area (Å²) in [5.41, 5.74) is 3.56. The van der Waals surface area contributed by atoms with Crippen LogP contribution < -0.4 is 15.5 Å². The van der Waals surface area contributed by atoms with Gasteiger partial charge in [0.2, 0.25) is 0 Å². The summed E-state index contributed by atoms with van der Waals surface area (Å²) in [4.78, 5) is 21.0. The number of halogens is 1. The molecular weight excluding hydrogens is 493 g/mol. The molecule has 168 valence electrons. The summed E-state index contributed by atoms with van der Waals surface area (Å²) in [6.45, 7) is 9.08. The molecule has 1 fully saturated rings. The van der Waals surface area contributed by atoms with E-state index in [1.54, 1.807) is 7.05 Å². The summed E-state index contributed by atoms with van der Waals surface area (Å²) in [5, 5.41) is 6.44. The van der Waals surface area contributed by atoms with E-state index in [0.717, 1.165) is 45.0 Å². The van der Waals surface area contributed by atoms with Gasteiger partial charge < -0.3 is 25.2 Å². The molecule has 0 bridgehead atoms. The molecule has 0 saturated carbocycles. The van der Waals surface area contributed by atoms with Crippen LogP contribution in [-0.2, 0) is 17.7 Å². The highest BCUT2D eigenvalue weighted by Gasteiger charge is 2.27. The SMILES string of the molecule is CN=C(NCc1ccc2c(c1)CCCN2C)N1CCC(NC(=O)OC(C)(C)C)C1.I. The highest BCUT2D eigenvalue weighted by molar-refractivity contribution is 14.0. The molecule has 2 aliphatic rings. The number of amides is 1. The van der Waals surface area contributed by atoms with Crippen LogP contribution in [0.25, 0.3) is 0 Å². The largest absolute Gasteiger partial charge is 0.444 e. The third-order valence-electron chi connectivity index (χ3n) is 5.37. The molecule has 1 aromatic rings. The number of guanidine groups is 1. The minimum Gasteiger partial charge on any atom is -0.444 e. The smallest absolute Gasteiger partial charge is 0.407 e. The number of nitrogens with zero attached hydrogens (tertiary/aromatic N) is 3. The Hall–Kier alpha value is -1.71. The molecule has 7 nitrogen and oxygen atoms in total. The van der Waals surface area contributed by atoms with Crippen molar-refractivity contribution in [3.05, 3.63) is 29.3 Å². The molecule has 0 aliphatic carbocycles. The number of alkyl carbamates (subject to hydrolysis) is 1. The molecule has 1 amide bonds. The van der Waals surface area contributed by atoms with Crippen molar-refractivity contribution in [1.82, 2.24) is 15.5 Å². The van der Waals surface area contributed by atoms with Gasteiger partial charge in [0.1, 0.15) is 5.60 Å². The van der Waals surface area contributed by atoms with Crippen LogP contribution in [-0.4, -0.2) is 62.3 Å². The van der Waals surface area contributed by atoms with E-state index in [1.165, 1.54) is 23.2 Å². The first-order valence-corrected chi connectivity index (χ1v) is 10.5. The number of carbonyl (C=O) groups excluding carboxylic acids is 1. The van der Waals surface area contributed by atoms with E-state index in [-0.39, 0.29) is 36.1 Å². The lowest BCUT2D eigenvalue weighted by Gasteiger charge is -2.28. The van der Waals surface area contributed by atoms with E-state index in [2.05, 4.69) is 50.7 Å². The predicted molar refractivity (Wildman–Crippen MR) is 133 cm³/mol. The van der Waals surface area contributed by atoms with Crippen LogP contribution in [0.5, 0.6) is 0 Å². The Morgan fingerprint density at radius 2 is 2.07 bits per heavy atom. The molecule has 1 unspecified atom stereocenters. The molecule has 0 radical (unpaired) electrons. The minimum absolute atomic E-state index is 0. The molecule has 0 spiro atoms. The van der Waals surface area contributed by atoms with Gasteiger partial charge in [-0.2, -0.15) is 0 Å². The first-order chi connectivity index (χ1) is 13.7. The maximum Gasteiger partial charge on any atom is 0.407 e. The number of anilines is 1. The van der Waals surface area contributed by atoms with Crippen LogP contribution >= 0.6 is 24.0 Å². The summed E-state index contributed by atoms with van der Waals surface area (Å²) in [6.07, 6.45) is 2.88. The highest BCUT2D eigenvalue weighted by Crippen LogP contribution is 2.26. The number of likely N-dealkylation sites (tertiary alicyclic amines) is 1. The van der Waals surface area contributed by atoms with Gasteiger partial charge in [-0.05, 0) is 57.2 Å². The summed E-state index contributed by atoms with van der Waals surface area (Å²) in [5.74, 6) is 0.869. The molecule has 2 aliphatic heterocycles. The van der Waals surface area contributed by atoms with Crippen LogP contribution in [0.3, 0.4) is 0 Å². The van der Waals surface area contributed by atoms with E-state index >= 15 is 0 Å². The van der Waals surface area contributed by atoms with Gasteiger partial charge in [-0.3, -0.25) is 4.99 Å². The third-order valence-corrected chi connectivity index (χ3v) is 5.37. The lowest BCUT2D eigenvalue weighted by molar-refractivity contribution is 0.0507. The number of ether oxygens (including phenoxy) is 1. The van der Waals surface area contributed by atoms with Crippen LogP contribution in [0.1, 0.15) is 44.7 Å². The Bertz CT molecular complexity index is 762. The van der Waals surface area contributed by atoms with Crippen molar-refractivity contribution >= 4 is 41.7 Å². The Morgan fingerprint density at radius 1 is 1.30 bits per heavy atom. The number of fused-ring (bicyclic) bond motifs is 1. The molecule has 1 saturated heterocycles. The molecule has 3 rings (SSSR count). The second-order valence-corrected chi connectivity index (χ2v) is 8.97. The van der Waals surface area contributed by atoms with Crippen molar-refractivity contribution in [2.45, 2.75) is 58.2 Å². The quantitative estimate of drug-likeness (QED) is 0.357. The van der Waals surface area contributed by atoms with Crippen LogP contribution in [0, 0.1) is 0 Å². The molecular formula is C22H36IN5O2. The van der Waals surface area contributed by atoms with Crippen molar-refractivity contribution < 1.29 is 9.53 Å². The summed E-state index contributed by atoms with van der Waals surface area (Å²) in [6, 6.07) is 6.80. The van der Waals surface area contributed by atoms with Crippen molar-refractivity contribution in [2.75, 3.05) is 38.6 Å². The molecule has 0 aromatic heterocycles. The number of carbonyl (C=O) groups is 1. The van der Waals surface area contributed by atoms with Gasteiger partial charge in [0.15, 0.2) is 5.96 Å². The van der Waals surface area contributed by atoms with E-state index in [0.29, 0.717) is 0 Å². The lowest BCUT2D eigenvalue weighted by Crippen LogP contribution is -2.44. The van der Waals surface area contributed by atoms with Crippen LogP contribution in [0.2, 0.25) is 0 Å². The number of aliphatic imine (C=N–C) groups is 1. The fourth-order valence-corrected chi connectivity index (χ4v) is 4.01. The van der Waals surface area contributed by atoms with Gasteiger partial charge in [0, 0.05) is 46.0 Å². The van der Waals surface area contributed by atoms with Crippen molar-refractivity contribution in [2.24, 2.45) is 4.99 Å². The predicted octanol–water partition coefficient (Wildman–Crippen LogP) is 3.36. The first kappa shape index (κ1) is 24.6. The average molecular weight is 529 g/mol. The van der Waals surface area contributed by atoms with Gasteiger partial charge in [-0.25, -0.2) is 4.79 Å². The van der Waals surface area contributed by atoms with E-state index in [4.69, 9.17) is 4.74 Å². The Labute approximate surface area is 197 Å². The van der Waals surface area contributed by atoms with Gasteiger partial charge in [0.25, 0.3) is 0 Å². The maximum atomic E-state index is 12.0. The fourth-order valence-electron chi connectivity index (χ4n) is 4.01. The summed E-state index contributed by atoms with van der Waals surface area (Å²) < 4.78 is 5.36. The fraction of sp³-hybridized carbons (Fsp3) is 0.636. The molecule has 2 N–H and O–H groups in total. The molecule has 1 aromatic carbocycles. The third kappa shape index (κ3) is 6.65. The molecule has 1 atom stereocenters. The number of aryl methyl sites for hydroxylation is 1. The average Bonchev–Trinajstić information content (AvgIpc) is 3.09. The van der Waals surface area contributed by atoms with E-state index in [1.807, 2.05) is 20.8 Å².